The second-order valence-electron chi connectivity index (χ2n) is 5.21. The van der Waals surface area contributed by atoms with Crippen LogP contribution in [0.25, 0.3) is 0 Å². The van der Waals surface area contributed by atoms with E-state index in [4.69, 9.17) is 4.74 Å². The zero-order chi connectivity index (χ0) is 11.1. The van der Waals surface area contributed by atoms with Crippen LogP contribution in [0, 0.1) is 0 Å². The molecule has 0 bridgehead atoms. The summed E-state index contributed by atoms with van der Waals surface area (Å²) in [5, 5.41) is 0. The Morgan fingerprint density at radius 3 is 2.80 bits per heavy atom. The molecule has 0 amide bonds. The summed E-state index contributed by atoms with van der Waals surface area (Å²) in [5.74, 6) is 1.73. The summed E-state index contributed by atoms with van der Waals surface area (Å²) in [6.45, 7) is 8.81. The molecule has 82 valence electrons. The number of hydrogen-bond donors (Lipinski definition) is 0. The highest BCUT2D eigenvalue weighted by atomic mass is 16.5. The minimum absolute atomic E-state index is 0.0175. The normalized spacial score (nSPS) is 19.5. The van der Waals surface area contributed by atoms with Gasteiger partial charge in [-0.15, -0.1) is 0 Å². The van der Waals surface area contributed by atoms with Crippen molar-refractivity contribution in [2.45, 2.75) is 52.1 Å². The van der Waals surface area contributed by atoms with Crippen LogP contribution in [0.2, 0.25) is 0 Å². The van der Waals surface area contributed by atoms with E-state index < -0.39 is 0 Å². The van der Waals surface area contributed by atoms with Crippen molar-refractivity contribution < 1.29 is 4.74 Å². The maximum atomic E-state index is 5.86. The molecular weight excluding hydrogens is 184 g/mol. The average molecular weight is 204 g/mol. The van der Waals surface area contributed by atoms with Gasteiger partial charge in [0.2, 0.25) is 0 Å². The Hall–Kier alpha value is -0.980. The summed E-state index contributed by atoms with van der Waals surface area (Å²) >= 11 is 0. The number of benzene rings is 1. The molecule has 1 aliphatic heterocycles. The maximum absolute atomic E-state index is 5.86. The molecule has 0 aromatic heterocycles. The van der Waals surface area contributed by atoms with E-state index in [1.54, 1.807) is 0 Å². The van der Waals surface area contributed by atoms with Crippen LogP contribution in [-0.4, -0.2) is 5.60 Å². The predicted molar refractivity (Wildman–Crippen MR) is 63.6 cm³/mol. The Bertz CT molecular complexity index is 366. The third-order valence-corrected chi connectivity index (χ3v) is 3.27. The van der Waals surface area contributed by atoms with Crippen LogP contribution >= 0.6 is 0 Å². The second-order valence-corrected chi connectivity index (χ2v) is 5.21. The minimum Gasteiger partial charge on any atom is -0.487 e. The number of rotatable bonds is 2. The summed E-state index contributed by atoms with van der Waals surface area (Å²) < 4.78 is 5.86. The Morgan fingerprint density at radius 2 is 2.13 bits per heavy atom. The van der Waals surface area contributed by atoms with Crippen molar-refractivity contribution in [2.24, 2.45) is 0 Å². The standard InChI is InChI=1S/C14H20O/c1-5-10(2)11-6-7-13-12(8-11)9-14(3,4)15-13/h6-8,10H,5,9H2,1-4H3. The van der Waals surface area contributed by atoms with Crippen molar-refractivity contribution in [2.75, 3.05) is 0 Å². The first-order chi connectivity index (χ1) is 7.02. The van der Waals surface area contributed by atoms with E-state index in [0.29, 0.717) is 5.92 Å². The van der Waals surface area contributed by atoms with Crippen molar-refractivity contribution in [3.05, 3.63) is 29.3 Å². The van der Waals surface area contributed by atoms with Gasteiger partial charge in [-0.25, -0.2) is 0 Å². The van der Waals surface area contributed by atoms with E-state index >= 15 is 0 Å². The fraction of sp³-hybridized carbons (Fsp3) is 0.571. The topological polar surface area (TPSA) is 9.23 Å². The van der Waals surface area contributed by atoms with Gasteiger partial charge in [-0.05, 0) is 43.4 Å². The number of ether oxygens (including phenoxy) is 1. The highest BCUT2D eigenvalue weighted by Gasteiger charge is 2.30. The molecule has 1 unspecified atom stereocenters. The first-order valence-electron chi connectivity index (χ1n) is 5.83. The molecule has 0 radical (unpaired) electrons. The lowest BCUT2D eigenvalue weighted by molar-refractivity contribution is 0.138. The lowest BCUT2D eigenvalue weighted by atomic mass is 9.94. The van der Waals surface area contributed by atoms with Gasteiger partial charge in [0.05, 0.1) is 0 Å². The first kappa shape index (κ1) is 10.5. The van der Waals surface area contributed by atoms with Gasteiger partial charge in [0.15, 0.2) is 0 Å². The maximum Gasteiger partial charge on any atom is 0.123 e. The van der Waals surface area contributed by atoms with Gasteiger partial charge in [-0.3, -0.25) is 0 Å². The van der Waals surface area contributed by atoms with Crippen LogP contribution in [0.15, 0.2) is 18.2 Å². The first-order valence-corrected chi connectivity index (χ1v) is 5.83. The van der Waals surface area contributed by atoms with Crippen LogP contribution in [0.1, 0.15) is 51.2 Å². The van der Waals surface area contributed by atoms with Gasteiger partial charge in [-0.1, -0.05) is 26.0 Å². The van der Waals surface area contributed by atoms with E-state index in [1.165, 1.54) is 17.5 Å². The van der Waals surface area contributed by atoms with E-state index in [2.05, 4.69) is 45.9 Å². The fourth-order valence-electron chi connectivity index (χ4n) is 2.17. The number of fused-ring (bicyclic) bond motifs is 1. The molecule has 1 nitrogen and oxygen atoms in total. The largest absolute Gasteiger partial charge is 0.487 e. The Kier molecular flexibility index (Phi) is 2.49. The molecule has 15 heavy (non-hydrogen) atoms. The van der Waals surface area contributed by atoms with Crippen LogP contribution in [0.5, 0.6) is 5.75 Å². The Labute approximate surface area is 92.5 Å². The summed E-state index contributed by atoms with van der Waals surface area (Å²) in [7, 11) is 0. The summed E-state index contributed by atoms with van der Waals surface area (Å²) in [6.07, 6.45) is 2.23. The van der Waals surface area contributed by atoms with Gasteiger partial charge >= 0.3 is 0 Å². The van der Waals surface area contributed by atoms with Crippen molar-refractivity contribution in [1.82, 2.24) is 0 Å². The van der Waals surface area contributed by atoms with Gasteiger partial charge in [0.25, 0.3) is 0 Å². The number of hydrogen-bond acceptors (Lipinski definition) is 1. The lowest BCUT2D eigenvalue weighted by Crippen LogP contribution is -2.24. The molecule has 0 N–H and O–H groups in total. The highest BCUT2D eigenvalue weighted by Crippen LogP contribution is 2.36. The Morgan fingerprint density at radius 1 is 1.40 bits per heavy atom. The van der Waals surface area contributed by atoms with Crippen molar-refractivity contribution >= 4 is 0 Å². The zero-order valence-corrected chi connectivity index (χ0v) is 10.1. The smallest absolute Gasteiger partial charge is 0.123 e. The van der Waals surface area contributed by atoms with E-state index in [-0.39, 0.29) is 5.60 Å². The van der Waals surface area contributed by atoms with Gasteiger partial charge in [0, 0.05) is 6.42 Å². The fourth-order valence-corrected chi connectivity index (χ4v) is 2.17. The summed E-state index contributed by atoms with van der Waals surface area (Å²) in [6, 6.07) is 6.65. The molecule has 0 saturated heterocycles. The molecule has 1 heterocycles. The van der Waals surface area contributed by atoms with Gasteiger partial charge < -0.3 is 4.74 Å². The lowest BCUT2D eigenvalue weighted by Gasteiger charge is -2.16. The monoisotopic (exact) mass is 204 g/mol. The minimum atomic E-state index is -0.0175. The molecule has 0 aliphatic carbocycles. The van der Waals surface area contributed by atoms with Crippen LogP contribution in [0.3, 0.4) is 0 Å². The van der Waals surface area contributed by atoms with E-state index in [1.807, 2.05) is 0 Å². The van der Waals surface area contributed by atoms with Crippen LogP contribution in [-0.2, 0) is 6.42 Å². The molecule has 1 atom stereocenters. The summed E-state index contributed by atoms with van der Waals surface area (Å²) in [5.41, 5.74) is 2.80. The van der Waals surface area contributed by atoms with Crippen LogP contribution < -0.4 is 4.74 Å². The quantitative estimate of drug-likeness (QED) is 0.709. The molecule has 0 saturated carbocycles. The van der Waals surface area contributed by atoms with E-state index in [9.17, 15) is 0 Å². The van der Waals surface area contributed by atoms with Crippen molar-refractivity contribution in [1.29, 1.82) is 0 Å². The molecular formula is C14H20O. The molecule has 2 rings (SSSR count). The molecule has 1 aliphatic rings. The molecule has 0 fully saturated rings. The molecule has 1 aromatic carbocycles. The zero-order valence-electron chi connectivity index (χ0n) is 10.1. The van der Waals surface area contributed by atoms with Crippen LogP contribution in [0.4, 0.5) is 0 Å². The van der Waals surface area contributed by atoms with Gasteiger partial charge in [-0.2, -0.15) is 0 Å². The van der Waals surface area contributed by atoms with Gasteiger partial charge in [0.1, 0.15) is 11.4 Å². The van der Waals surface area contributed by atoms with Crippen molar-refractivity contribution in [3.63, 3.8) is 0 Å². The summed E-state index contributed by atoms with van der Waals surface area (Å²) in [4.78, 5) is 0. The molecule has 1 aromatic rings. The highest BCUT2D eigenvalue weighted by molar-refractivity contribution is 5.42. The predicted octanol–water partition coefficient (Wildman–Crippen LogP) is 3.91. The third kappa shape index (κ3) is 2.01. The van der Waals surface area contributed by atoms with Crippen molar-refractivity contribution in [3.8, 4) is 5.75 Å². The Balaban J connectivity index is 2.30. The average Bonchev–Trinajstić information content (AvgIpc) is 2.49. The SMILES string of the molecule is CCC(C)c1ccc2c(c1)CC(C)(C)O2. The second kappa shape index (κ2) is 3.55. The molecule has 0 spiro atoms. The van der Waals surface area contributed by atoms with E-state index in [0.717, 1.165) is 12.2 Å². The third-order valence-electron chi connectivity index (χ3n) is 3.27. The molecule has 1 heteroatoms.